The Morgan fingerprint density at radius 2 is 2.17 bits per heavy atom. The molecule has 0 spiro atoms. The van der Waals surface area contributed by atoms with Gasteiger partial charge in [-0.25, -0.2) is 4.98 Å². The largest absolute Gasteiger partial charge is 0.378 e. The van der Waals surface area contributed by atoms with Crippen LogP contribution >= 0.6 is 38.6 Å². The zero-order valence-electron chi connectivity index (χ0n) is 9.68. The monoisotopic (exact) mass is 338 g/mol. The minimum atomic E-state index is 0.296. The van der Waals surface area contributed by atoms with Crippen molar-refractivity contribution in [3.05, 3.63) is 44.5 Å². The Bertz CT molecular complexity index is 674. The van der Waals surface area contributed by atoms with E-state index < -0.39 is 0 Å². The van der Waals surface area contributed by atoms with E-state index in [1.54, 1.807) is 22.7 Å². The summed E-state index contributed by atoms with van der Waals surface area (Å²) < 4.78 is 2.39. The van der Waals surface area contributed by atoms with Gasteiger partial charge in [0.15, 0.2) is 0 Å². The molecule has 2 aromatic heterocycles. The maximum atomic E-state index is 4.29. The Morgan fingerprint density at radius 3 is 2.94 bits per heavy atom. The Balaban J connectivity index is 1.85. The molecular weight excluding hydrogens is 328 g/mol. The number of anilines is 1. The third-order valence-corrected chi connectivity index (χ3v) is 5.60. The number of thiophene rings is 1. The van der Waals surface area contributed by atoms with Crippen LogP contribution in [0.15, 0.2) is 39.6 Å². The maximum Gasteiger partial charge on any atom is 0.0813 e. The van der Waals surface area contributed by atoms with E-state index in [9.17, 15) is 0 Å². The second-order valence-corrected chi connectivity index (χ2v) is 6.72. The van der Waals surface area contributed by atoms with Crippen LogP contribution in [0.3, 0.4) is 0 Å². The molecule has 18 heavy (non-hydrogen) atoms. The number of nitrogens with one attached hydrogen (secondary N) is 1. The van der Waals surface area contributed by atoms with E-state index in [1.807, 2.05) is 5.51 Å². The fourth-order valence-corrected chi connectivity index (χ4v) is 4.32. The van der Waals surface area contributed by atoms with Gasteiger partial charge < -0.3 is 5.32 Å². The fourth-order valence-electron chi connectivity index (χ4n) is 1.87. The lowest BCUT2D eigenvalue weighted by atomic mass is 10.2. The van der Waals surface area contributed by atoms with Crippen LogP contribution in [-0.2, 0) is 0 Å². The summed E-state index contributed by atoms with van der Waals surface area (Å²) in [6.45, 7) is 2.17. The summed E-state index contributed by atoms with van der Waals surface area (Å²) in [5.41, 5.74) is 4.09. The fraction of sp³-hybridized carbons (Fsp3) is 0.154. The second kappa shape index (κ2) is 4.99. The van der Waals surface area contributed by atoms with E-state index in [1.165, 1.54) is 14.0 Å². The number of rotatable bonds is 3. The lowest BCUT2D eigenvalue weighted by Gasteiger charge is -2.14. The Kier molecular flexibility index (Phi) is 3.37. The second-order valence-electron chi connectivity index (χ2n) is 4.03. The molecule has 5 heteroatoms. The van der Waals surface area contributed by atoms with Gasteiger partial charge in [-0.1, -0.05) is 0 Å². The molecule has 0 saturated carbocycles. The Labute approximate surface area is 122 Å². The predicted octanol–water partition coefficient (Wildman–Crippen LogP) is 5.29. The quantitative estimate of drug-likeness (QED) is 0.701. The van der Waals surface area contributed by atoms with Gasteiger partial charge in [-0.15, -0.1) is 22.7 Å². The number of aromatic nitrogens is 1. The smallest absolute Gasteiger partial charge is 0.0813 e. The summed E-state index contributed by atoms with van der Waals surface area (Å²) in [6.07, 6.45) is 0. The van der Waals surface area contributed by atoms with Gasteiger partial charge in [0, 0.05) is 15.0 Å². The van der Waals surface area contributed by atoms with E-state index in [0.29, 0.717) is 6.04 Å². The first-order chi connectivity index (χ1) is 8.74. The lowest BCUT2D eigenvalue weighted by Crippen LogP contribution is -2.05. The molecule has 0 radical (unpaired) electrons. The summed E-state index contributed by atoms with van der Waals surface area (Å²) in [5, 5.41) is 5.63. The minimum Gasteiger partial charge on any atom is -0.378 e. The van der Waals surface area contributed by atoms with Gasteiger partial charge in [0.25, 0.3) is 0 Å². The molecule has 0 aliphatic heterocycles. The van der Waals surface area contributed by atoms with Crippen molar-refractivity contribution in [2.24, 2.45) is 0 Å². The number of nitrogens with zero attached hydrogens (tertiary/aromatic N) is 1. The molecule has 3 rings (SSSR count). The molecule has 1 atom stereocenters. The molecule has 0 bridgehead atoms. The molecule has 0 aliphatic carbocycles. The van der Waals surface area contributed by atoms with Crippen LogP contribution < -0.4 is 5.32 Å². The van der Waals surface area contributed by atoms with Crippen LogP contribution in [0.25, 0.3) is 10.2 Å². The maximum absolute atomic E-state index is 4.29. The summed E-state index contributed by atoms with van der Waals surface area (Å²) in [5.74, 6) is 0. The highest BCUT2D eigenvalue weighted by atomic mass is 79.9. The highest BCUT2D eigenvalue weighted by Gasteiger charge is 2.10. The standard InChI is InChI=1S/C13H11BrN2S2/c1-8(13-10(14)4-5-17-13)16-9-2-3-11-12(6-9)18-7-15-11/h2-8,16H,1H3. The lowest BCUT2D eigenvalue weighted by molar-refractivity contribution is 0.904. The average molecular weight is 339 g/mol. The van der Waals surface area contributed by atoms with Crippen molar-refractivity contribution in [3.8, 4) is 0 Å². The van der Waals surface area contributed by atoms with Gasteiger partial charge in [-0.05, 0) is 52.5 Å². The predicted molar refractivity (Wildman–Crippen MR) is 83.7 cm³/mol. The molecule has 2 heterocycles. The Hall–Kier alpha value is -0.910. The molecule has 92 valence electrons. The van der Waals surface area contributed by atoms with Crippen molar-refractivity contribution in [1.82, 2.24) is 4.98 Å². The third kappa shape index (κ3) is 2.30. The van der Waals surface area contributed by atoms with Crippen LogP contribution in [-0.4, -0.2) is 4.98 Å². The first-order valence-corrected chi connectivity index (χ1v) is 8.12. The van der Waals surface area contributed by atoms with Gasteiger partial charge in [-0.3, -0.25) is 0 Å². The normalized spacial score (nSPS) is 12.8. The summed E-state index contributed by atoms with van der Waals surface area (Å²) in [6, 6.07) is 8.68. The first kappa shape index (κ1) is 12.1. The topological polar surface area (TPSA) is 24.9 Å². The molecule has 0 saturated heterocycles. The highest BCUT2D eigenvalue weighted by Crippen LogP contribution is 2.32. The summed E-state index contributed by atoms with van der Waals surface area (Å²) in [7, 11) is 0. The molecule has 0 aliphatic rings. The van der Waals surface area contributed by atoms with Crippen LogP contribution in [0.1, 0.15) is 17.8 Å². The molecule has 0 fully saturated rings. The zero-order chi connectivity index (χ0) is 12.5. The summed E-state index contributed by atoms with van der Waals surface area (Å²) in [4.78, 5) is 5.61. The van der Waals surface area contributed by atoms with Crippen molar-refractivity contribution in [2.45, 2.75) is 13.0 Å². The number of hydrogen-bond acceptors (Lipinski definition) is 4. The molecule has 3 aromatic rings. The van der Waals surface area contributed by atoms with Crippen molar-refractivity contribution in [1.29, 1.82) is 0 Å². The van der Waals surface area contributed by atoms with Crippen LogP contribution in [0.5, 0.6) is 0 Å². The van der Waals surface area contributed by atoms with E-state index >= 15 is 0 Å². The van der Waals surface area contributed by atoms with Crippen LogP contribution in [0.2, 0.25) is 0 Å². The van der Waals surface area contributed by atoms with E-state index in [2.05, 4.69) is 62.8 Å². The molecule has 0 amide bonds. The Morgan fingerprint density at radius 1 is 1.28 bits per heavy atom. The van der Waals surface area contributed by atoms with Crippen molar-refractivity contribution >= 4 is 54.5 Å². The number of benzene rings is 1. The minimum absolute atomic E-state index is 0.296. The van der Waals surface area contributed by atoms with Crippen LogP contribution in [0.4, 0.5) is 5.69 Å². The van der Waals surface area contributed by atoms with Gasteiger partial charge >= 0.3 is 0 Å². The van der Waals surface area contributed by atoms with E-state index in [0.717, 1.165) is 11.2 Å². The first-order valence-electron chi connectivity index (χ1n) is 5.57. The van der Waals surface area contributed by atoms with Crippen LogP contribution in [0, 0.1) is 0 Å². The van der Waals surface area contributed by atoms with Gasteiger partial charge in [0.2, 0.25) is 0 Å². The zero-order valence-corrected chi connectivity index (χ0v) is 12.9. The SMILES string of the molecule is CC(Nc1ccc2ncsc2c1)c1sccc1Br. The van der Waals surface area contributed by atoms with Crippen molar-refractivity contribution < 1.29 is 0 Å². The van der Waals surface area contributed by atoms with Gasteiger partial charge in [0.1, 0.15) is 0 Å². The van der Waals surface area contributed by atoms with Crippen molar-refractivity contribution in [2.75, 3.05) is 5.32 Å². The van der Waals surface area contributed by atoms with Gasteiger partial charge in [-0.2, -0.15) is 0 Å². The average Bonchev–Trinajstić information content (AvgIpc) is 2.96. The highest BCUT2D eigenvalue weighted by molar-refractivity contribution is 9.10. The molecule has 1 aromatic carbocycles. The molecule has 1 N–H and O–H groups in total. The molecule has 1 unspecified atom stereocenters. The van der Waals surface area contributed by atoms with Crippen molar-refractivity contribution in [3.63, 3.8) is 0 Å². The summed E-state index contributed by atoms with van der Waals surface area (Å²) >= 11 is 7.01. The number of halogens is 1. The third-order valence-electron chi connectivity index (χ3n) is 2.75. The van der Waals surface area contributed by atoms with Gasteiger partial charge in [0.05, 0.1) is 21.8 Å². The van der Waals surface area contributed by atoms with E-state index in [-0.39, 0.29) is 0 Å². The number of fused-ring (bicyclic) bond motifs is 1. The molecule has 2 nitrogen and oxygen atoms in total. The van der Waals surface area contributed by atoms with E-state index in [4.69, 9.17) is 0 Å². The number of thiazole rings is 1. The number of hydrogen-bond donors (Lipinski definition) is 1. The molecular formula is C13H11BrN2S2.